The molecule has 6 atom stereocenters. The number of nitrogen functional groups attached to an aromatic ring is 1. The summed E-state index contributed by atoms with van der Waals surface area (Å²) in [4.78, 5) is 27.3. The summed E-state index contributed by atoms with van der Waals surface area (Å²) in [5, 5.41) is 12.7. The number of nitrogens with two attached hydrogens (primary N) is 1. The minimum atomic E-state index is -4.43. The molecular formula is C20H25F2N4O8P. The summed E-state index contributed by atoms with van der Waals surface area (Å²) in [6.07, 6.45) is -7.00. The third-order valence-corrected chi connectivity index (χ3v) is 6.83. The maximum atomic E-state index is 14.9. The molecule has 2 heterocycles. The number of carbonyl (C=O) groups excluding carboxylic acids is 1. The van der Waals surface area contributed by atoms with Crippen LogP contribution in [0.3, 0.4) is 0 Å². The van der Waals surface area contributed by atoms with Crippen LogP contribution < -0.4 is 21.0 Å². The normalized spacial score (nSPS) is 24.8. The van der Waals surface area contributed by atoms with Gasteiger partial charge in [-0.1, -0.05) is 18.2 Å². The zero-order valence-electron chi connectivity index (χ0n) is 18.9. The molecule has 15 heteroatoms. The molecule has 35 heavy (non-hydrogen) atoms. The van der Waals surface area contributed by atoms with Crippen LogP contribution in [-0.2, 0) is 23.4 Å². The van der Waals surface area contributed by atoms with Crippen molar-refractivity contribution in [3.8, 4) is 5.75 Å². The smallest absolute Gasteiger partial charge is 0.459 e. The number of nitrogens with zero attached hydrogens (tertiary/aromatic N) is 2. The molecule has 0 amide bonds. The van der Waals surface area contributed by atoms with E-state index in [1.807, 2.05) is 0 Å². The van der Waals surface area contributed by atoms with Crippen molar-refractivity contribution in [3.05, 3.63) is 53.1 Å². The van der Waals surface area contributed by atoms with Gasteiger partial charge in [0.25, 0.3) is 0 Å². The van der Waals surface area contributed by atoms with Crippen LogP contribution in [-0.4, -0.2) is 58.0 Å². The first-order chi connectivity index (χ1) is 16.4. The first kappa shape index (κ1) is 26.7. The number of ether oxygens (including phenoxy) is 2. The number of esters is 1. The van der Waals surface area contributed by atoms with E-state index in [0.717, 1.165) is 19.4 Å². The summed E-state index contributed by atoms with van der Waals surface area (Å²) in [7, 11) is -3.32. The van der Waals surface area contributed by atoms with Gasteiger partial charge in [0.1, 0.15) is 23.7 Å². The third-order valence-electron chi connectivity index (χ3n) is 5.07. The molecule has 0 spiro atoms. The molecule has 1 aliphatic rings. The predicted octanol–water partition coefficient (Wildman–Crippen LogP) is 1.46. The molecule has 4 N–H and O–H groups in total. The number of aromatic nitrogens is 2. The van der Waals surface area contributed by atoms with E-state index >= 15 is 0 Å². The Kier molecular flexibility index (Phi) is 7.92. The number of hydrogen-bond donors (Lipinski definition) is 3. The standard InChI is InChI=1S/C20H25F2N4O8P/c1-11(17(28)31-3)25-35(30,34-13-7-5-4-6-8-13)33-12(2)15-16(27)20(21,22)18(32-15)26-10-9-14(23)24-19(26)29/h4-12,15-16,18,27H,1-3H3,(H,25,30)(H2,23,24,29)/t11?,12?,15-,16+,18-,35?/m1/s1. The first-order valence-electron chi connectivity index (χ1n) is 10.3. The number of rotatable bonds is 9. The van der Waals surface area contributed by atoms with Gasteiger partial charge in [-0.05, 0) is 32.0 Å². The topological polar surface area (TPSA) is 164 Å². The number of carbonyl (C=O) groups is 1. The third kappa shape index (κ3) is 5.85. The lowest BCUT2D eigenvalue weighted by Gasteiger charge is -2.28. The SMILES string of the molecule is COC(=O)C(C)NP(=O)(Oc1ccccc1)OC(C)[C@H]1O[C@@H](n2ccc(N)nc2=O)C(F)(F)[C@H]1O. The van der Waals surface area contributed by atoms with Gasteiger partial charge in [0.2, 0.25) is 6.23 Å². The number of anilines is 1. The van der Waals surface area contributed by atoms with E-state index in [-0.39, 0.29) is 11.6 Å². The van der Waals surface area contributed by atoms with Crippen LogP contribution in [0.1, 0.15) is 20.1 Å². The molecule has 3 rings (SSSR count). The lowest BCUT2D eigenvalue weighted by molar-refractivity contribution is -0.142. The molecule has 1 aromatic heterocycles. The largest absolute Gasteiger partial charge is 0.468 e. The van der Waals surface area contributed by atoms with E-state index in [4.69, 9.17) is 19.5 Å². The Morgan fingerprint density at radius 1 is 1.31 bits per heavy atom. The fourth-order valence-electron chi connectivity index (χ4n) is 3.35. The van der Waals surface area contributed by atoms with Crippen molar-refractivity contribution in [2.24, 2.45) is 0 Å². The molecule has 1 aromatic carbocycles. The van der Waals surface area contributed by atoms with E-state index in [2.05, 4.69) is 14.8 Å². The number of aliphatic hydroxyl groups is 1. The van der Waals surface area contributed by atoms with Crippen molar-refractivity contribution >= 4 is 19.5 Å². The summed E-state index contributed by atoms with van der Waals surface area (Å²) in [5.41, 5.74) is 4.27. The minimum Gasteiger partial charge on any atom is -0.468 e. The highest BCUT2D eigenvalue weighted by Gasteiger charge is 2.61. The zero-order chi connectivity index (χ0) is 26.0. The molecule has 3 unspecified atom stereocenters. The van der Waals surface area contributed by atoms with Gasteiger partial charge >= 0.3 is 25.3 Å². The Bertz CT molecular complexity index is 1150. The van der Waals surface area contributed by atoms with Gasteiger partial charge in [-0.3, -0.25) is 13.9 Å². The molecule has 0 radical (unpaired) electrons. The number of para-hydroxylation sites is 1. The van der Waals surface area contributed by atoms with Gasteiger partial charge in [0, 0.05) is 6.20 Å². The number of methoxy groups -OCH3 is 1. The van der Waals surface area contributed by atoms with Crippen molar-refractivity contribution in [3.63, 3.8) is 0 Å². The van der Waals surface area contributed by atoms with Gasteiger partial charge in [0.15, 0.2) is 6.10 Å². The number of nitrogens with one attached hydrogen (secondary N) is 1. The quantitative estimate of drug-likeness (QED) is 0.325. The highest BCUT2D eigenvalue weighted by molar-refractivity contribution is 7.52. The summed E-state index contributed by atoms with van der Waals surface area (Å²) >= 11 is 0. The van der Waals surface area contributed by atoms with Crippen LogP contribution in [0.2, 0.25) is 0 Å². The minimum absolute atomic E-state index is 0.0863. The average Bonchev–Trinajstić information content (AvgIpc) is 3.02. The Hall–Kier alpha value is -2.90. The second-order valence-corrected chi connectivity index (χ2v) is 9.35. The van der Waals surface area contributed by atoms with Gasteiger partial charge in [-0.2, -0.15) is 18.9 Å². The van der Waals surface area contributed by atoms with E-state index in [0.29, 0.717) is 4.57 Å². The van der Waals surface area contributed by atoms with Crippen LogP contribution >= 0.6 is 7.75 Å². The maximum absolute atomic E-state index is 14.9. The van der Waals surface area contributed by atoms with Gasteiger partial charge in [0.05, 0.1) is 13.2 Å². The summed E-state index contributed by atoms with van der Waals surface area (Å²) in [6, 6.07) is 7.68. The molecule has 192 valence electrons. The summed E-state index contributed by atoms with van der Waals surface area (Å²) in [6.45, 7) is 2.54. The van der Waals surface area contributed by atoms with Crippen LogP contribution in [0.5, 0.6) is 5.75 Å². The Labute approximate surface area is 198 Å². The highest BCUT2D eigenvalue weighted by Crippen LogP contribution is 2.50. The predicted molar refractivity (Wildman–Crippen MR) is 118 cm³/mol. The summed E-state index contributed by atoms with van der Waals surface area (Å²) < 4.78 is 64.6. The Morgan fingerprint density at radius 3 is 2.57 bits per heavy atom. The number of alkyl halides is 2. The molecule has 1 aliphatic heterocycles. The molecule has 0 aliphatic carbocycles. The first-order valence-corrected chi connectivity index (χ1v) is 11.9. The Balaban J connectivity index is 1.86. The zero-order valence-corrected chi connectivity index (χ0v) is 19.8. The fourth-order valence-corrected chi connectivity index (χ4v) is 5.04. The number of benzene rings is 1. The van der Waals surface area contributed by atoms with E-state index in [1.54, 1.807) is 18.2 Å². The average molecular weight is 518 g/mol. The molecule has 0 saturated carbocycles. The van der Waals surface area contributed by atoms with Gasteiger partial charge < -0.3 is 24.8 Å². The van der Waals surface area contributed by atoms with Gasteiger partial charge in [-0.15, -0.1) is 0 Å². The van der Waals surface area contributed by atoms with Crippen molar-refractivity contribution in [1.82, 2.24) is 14.6 Å². The number of aliphatic hydroxyl groups excluding tert-OH is 1. The van der Waals surface area contributed by atoms with Crippen molar-refractivity contribution in [2.75, 3.05) is 12.8 Å². The van der Waals surface area contributed by atoms with Crippen LogP contribution in [0.25, 0.3) is 0 Å². The maximum Gasteiger partial charge on any atom is 0.459 e. The molecule has 12 nitrogen and oxygen atoms in total. The summed E-state index contributed by atoms with van der Waals surface area (Å²) in [5.74, 6) is -4.85. The van der Waals surface area contributed by atoms with E-state index < -0.39 is 55.9 Å². The van der Waals surface area contributed by atoms with Crippen molar-refractivity contribution in [2.45, 2.75) is 50.4 Å². The van der Waals surface area contributed by atoms with Crippen LogP contribution in [0.4, 0.5) is 14.6 Å². The lowest BCUT2D eigenvalue weighted by atomic mass is 10.1. The lowest BCUT2D eigenvalue weighted by Crippen LogP contribution is -2.44. The Morgan fingerprint density at radius 2 is 1.97 bits per heavy atom. The molecule has 2 aromatic rings. The fraction of sp³-hybridized carbons (Fsp3) is 0.450. The van der Waals surface area contributed by atoms with Crippen LogP contribution in [0.15, 0.2) is 47.4 Å². The molecule has 0 bridgehead atoms. The second kappa shape index (κ2) is 10.4. The van der Waals surface area contributed by atoms with Crippen molar-refractivity contribution < 1.29 is 41.8 Å². The molecular weight excluding hydrogens is 493 g/mol. The second-order valence-electron chi connectivity index (χ2n) is 7.70. The van der Waals surface area contributed by atoms with Crippen LogP contribution in [0, 0.1) is 0 Å². The number of halogens is 2. The molecule has 1 saturated heterocycles. The number of hydrogen-bond acceptors (Lipinski definition) is 10. The molecule has 1 fully saturated rings. The van der Waals surface area contributed by atoms with Gasteiger partial charge in [-0.25, -0.2) is 9.36 Å². The monoisotopic (exact) mass is 518 g/mol. The van der Waals surface area contributed by atoms with Crippen molar-refractivity contribution in [1.29, 1.82) is 0 Å². The highest BCUT2D eigenvalue weighted by atomic mass is 31.2. The van der Waals surface area contributed by atoms with E-state index in [9.17, 15) is 28.0 Å². The van der Waals surface area contributed by atoms with E-state index in [1.165, 1.54) is 26.0 Å².